The molecular formula is C14H12ClN3O2. The molecule has 0 saturated heterocycles. The molecule has 0 saturated carbocycles. The van der Waals surface area contributed by atoms with Gasteiger partial charge in [-0.25, -0.2) is 4.98 Å². The molecule has 1 aliphatic heterocycles. The Labute approximate surface area is 120 Å². The van der Waals surface area contributed by atoms with Crippen molar-refractivity contribution in [2.24, 2.45) is 7.05 Å². The van der Waals surface area contributed by atoms with Crippen molar-refractivity contribution < 1.29 is 9.59 Å². The van der Waals surface area contributed by atoms with Crippen molar-refractivity contribution >= 4 is 29.0 Å². The number of imidazole rings is 1. The van der Waals surface area contributed by atoms with Gasteiger partial charge in [0.05, 0.1) is 11.3 Å². The third kappa shape index (κ3) is 2.00. The van der Waals surface area contributed by atoms with E-state index in [0.29, 0.717) is 29.2 Å². The van der Waals surface area contributed by atoms with Gasteiger partial charge in [-0.05, 0) is 18.2 Å². The number of hydrogen-bond acceptors (Lipinski definition) is 3. The minimum Gasteiger partial charge on any atom is -0.338 e. The maximum absolute atomic E-state index is 12.0. The Morgan fingerprint density at radius 1 is 1.30 bits per heavy atom. The summed E-state index contributed by atoms with van der Waals surface area (Å²) in [5, 5.41) is 0.508. The molecule has 0 N–H and O–H groups in total. The normalized spacial score (nSPS) is 14.0. The number of rotatable bonds is 3. The first-order valence-electron chi connectivity index (χ1n) is 6.20. The molecule has 0 atom stereocenters. The summed E-state index contributed by atoms with van der Waals surface area (Å²) in [7, 11) is 1.89. The van der Waals surface area contributed by atoms with Crippen LogP contribution in [0.5, 0.6) is 0 Å². The number of nitrogens with zero attached hydrogens (tertiary/aromatic N) is 3. The highest BCUT2D eigenvalue weighted by molar-refractivity contribution is 6.52. The van der Waals surface area contributed by atoms with Gasteiger partial charge in [0.15, 0.2) is 0 Å². The number of aryl methyl sites for hydroxylation is 1. The highest BCUT2D eigenvalue weighted by Gasteiger charge is 2.35. The van der Waals surface area contributed by atoms with E-state index in [0.717, 1.165) is 5.82 Å². The van der Waals surface area contributed by atoms with Gasteiger partial charge in [-0.1, -0.05) is 11.6 Å². The van der Waals surface area contributed by atoms with Crippen LogP contribution in [0.2, 0.25) is 5.02 Å². The predicted octanol–water partition coefficient (Wildman–Crippen LogP) is 1.85. The second kappa shape index (κ2) is 4.76. The van der Waals surface area contributed by atoms with E-state index >= 15 is 0 Å². The summed E-state index contributed by atoms with van der Waals surface area (Å²) in [6.07, 6.45) is 4.13. The van der Waals surface area contributed by atoms with Crippen LogP contribution in [0.15, 0.2) is 30.6 Å². The molecule has 1 aromatic carbocycles. The molecule has 0 spiro atoms. The van der Waals surface area contributed by atoms with Crippen molar-refractivity contribution in [1.29, 1.82) is 0 Å². The number of anilines is 1. The summed E-state index contributed by atoms with van der Waals surface area (Å²) in [6, 6.07) is 4.87. The van der Waals surface area contributed by atoms with Gasteiger partial charge in [0.1, 0.15) is 5.82 Å². The molecular weight excluding hydrogens is 278 g/mol. The standard InChI is InChI=1S/C14H12ClN3O2/c1-17-7-5-16-12(17)4-6-18-11-8-9(15)2-3-10(11)13(19)14(18)20/h2-3,5,7-8H,4,6H2,1H3. The van der Waals surface area contributed by atoms with Crippen LogP contribution in [0, 0.1) is 0 Å². The molecule has 3 rings (SSSR count). The number of carbonyl (C=O) groups excluding carboxylic acids is 2. The summed E-state index contributed by atoms with van der Waals surface area (Å²) < 4.78 is 1.89. The van der Waals surface area contributed by atoms with Crippen LogP contribution in [0.3, 0.4) is 0 Å². The molecule has 0 unspecified atom stereocenters. The number of hydrogen-bond donors (Lipinski definition) is 0. The number of benzene rings is 1. The molecule has 1 aliphatic rings. The molecule has 20 heavy (non-hydrogen) atoms. The molecule has 102 valence electrons. The molecule has 2 heterocycles. The second-order valence-electron chi connectivity index (χ2n) is 4.65. The van der Waals surface area contributed by atoms with E-state index in [1.54, 1.807) is 24.4 Å². The average molecular weight is 290 g/mol. The average Bonchev–Trinajstić information content (AvgIpc) is 2.92. The van der Waals surface area contributed by atoms with Crippen LogP contribution in [-0.4, -0.2) is 27.8 Å². The Hall–Kier alpha value is -2.14. The van der Waals surface area contributed by atoms with Crippen LogP contribution in [-0.2, 0) is 18.3 Å². The fourth-order valence-electron chi connectivity index (χ4n) is 2.34. The van der Waals surface area contributed by atoms with E-state index in [1.807, 2.05) is 17.8 Å². The quantitative estimate of drug-likeness (QED) is 0.810. The van der Waals surface area contributed by atoms with Crippen molar-refractivity contribution in [3.05, 3.63) is 47.0 Å². The van der Waals surface area contributed by atoms with Gasteiger partial charge in [0.2, 0.25) is 0 Å². The molecule has 2 aromatic rings. The minimum absolute atomic E-state index is 0.406. The van der Waals surface area contributed by atoms with Crippen LogP contribution in [0.1, 0.15) is 16.2 Å². The van der Waals surface area contributed by atoms with Gasteiger partial charge in [-0.2, -0.15) is 0 Å². The van der Waals surface area contributed by atoms with Crippen LogP contribution >= 0.6 is 11.6 Å². The zero-order chi connectivity index (χ0) is 14.3. The number of carbonyl (C=O) groups is 2. The summed E-state index contributed by atoms with van der Waals surface area (Å²) in [5.74, 6) is -0.117. The molecule has 0 bridgehead atoms. The molecule has 1 aromatic heterocycles. The van der Waals surface area contributed by atoms with Gasteiger partial charge < -0.3 is 9.47 Å². The molecule has 0 aliphatic carbocycles. The fraction of sp³-hybridized carbons (Fsp3) is 0.214. The molecule has 0 radical (unpaired) electrons. The van der Waals surface area contributed by atoms with Crippen molar-refractivity contribution in [1.82, 2.24) is 9.55 Å². The van der Waals surface area contributed by atoms with Gasteiger partial charge in [-0.15, -0.1) is 0 Å². The van der Waals surface area contributed by atoms with Crippen molar-refractivity contribution in [2.45, 2.75) is 6.42 Å². The first-order valence-corrected chi connectivity index (χ1v) is 6.57. The summed E-state index contributed by atoms with van der Waals surface area (Å²) in [6.45, 7) is 0.406. The number of Topliss-reactive ketones (excluding diaryl/α,β-unsaturated/α-hetero) is 1. The third-order valence-electron chi connectivity index (χ3n) is 3.41. The molecule has 0 fully saturated rings. The van der Waals surface area contributed by atoms with E-state index in [2.05, 4.69) is 4.98 Å². The van der Waals surface area contributed by atoms with Gasteiger partial charge in [0, 0.05) is 37.4 Å². The van der Waals surface area contributed by atoms with Gasteiger partial charge >= 0.3 is 0 Å². The number of aromatic nitrogens is 2. The highest BCUT2D eigenvalue weighted by Crippen LogP contribution is 2.31. The third-order valence-corrected chi connectivity index (χ3v) is 3.65. The zero-order valence-corrected chi connectivity index (χ0v) is 11.6. The Bertz CT molecular complexity index is 708. The molecule has 5 nitrogen and oxygen atoms in total. The van der Waals surface area contributed by atoms with E-state index in [4.69, 9.17) is 11.6 Å². The first-order chi connectivity index (χ1) is 9.58. The van der Waals surface area contributed by atoms with E-state index in [-0.39, 0.29) is 0 Å². The SMILES string of the molecule is Cn1ccnc1CCN1C(=O)C(=O)c2ccc(Cl)cc21. The maximum atomic E-state index is 12.0. The first kappa shape index (κ1) is 12.9. The van der Waals surface area contributed by atoms with Crippen LogP contribution < -0.4 is 4.90 Å². The smallest absolute Gasteiger partial charge is 0.299 e. The highest BCUT2D eigenvalue weighted by atomic mass is 35.5. The van der Waals surface area contributed by atoms with E-state index in [1.165, 1.54) is 4.90 Å². The number of ketones is 1. The van der Waals surface area contributed by atoms with E-state index < -0.39 is 11.7 Å². The Morgan fingerprint density at radius 2 is 2.10 bits per heavy atom. The monoisotopic (exact) mass is 289 g/mol. The Balaban J connectivity index is 1.87. The predicted molar refractivity (Wildman–Crippen MR) is 75.0 cm³/mol. The molecule has 1 amide bonds. The van der Waals surface area contributed by atoms with E-state index in [9.17, 15) is 9.59 Å². The summed E-state index contributed by atoms with van der Waals surface area (Å²) >= 11 is 5.94. The van der Waals surface area contributed by atoms with Gasteiger partial charge in [-0.3, -0.25) is 9.59 Å². The fourth-order valence-corrected chi connectivity index (χ4v) is 2.50. The maximum Gasteiger partial charge on any atom is 0.299 e. The number of halogens is 1. The lowest BCUT2D eigenvalue weighted by Gasteiger charge is -2.16. The topological polar surface area (TPSA) is 55.2 Å². The summed E-state index contributed by atoms with van der Waals surface area (Å²) in [5.41, 5.74) is 1.00. The Kier molecular flexibility index (Phi) is 3.06. The largest absolute Gasteiger partial charge is 0.338 e. The number of fused-ring (bicyclic) bond motifs is 1. The van der Waals surface area contributed by atoms with Crippen molar-refractivity contribution in [3.8, 4) is 0 Å². The van der Waals surface area contributed by atoms with Crippen LogP contribution in [0.4, 0.5) is 5.69 Å². The number of amides is 1. The van der Waals surface area contributed by atoms with Crippen molar-refractivity contribution in [2.75, 3.05) is 11.4 Å². The van der Waals surface area contributed by atoms with Crippen molar-refractivity contribution in [3.63, 3.8) is 0 Å². The lowest BCUT2D eigenvalue weighted by atomic mass is 10.1. The molecule has 6 heteroatoms. The zero-order valence-electron chi connectivity index (χ0n) is 10.8. The van der Waals surface area contributed by atoms with Crippen LogP contribution in [0.25, 0.3) is 0 Å². The lowest BCUT2D eigenvalue weighted by molar-refractivity contribution is -0.114. The Morgan fingerprint density at radius 3 is 2.80 bits per heavy atom. The second-order valence-corrected chi connectivity index (χ2v) is 5.09. The lowest BCUT2D eigenvalue weighted by Crippen LogP contribution is -2.32. The summed E-state index contributed by atoms with van der Waals surface area (Å²) in [4.78, 5) is 29.6. The minimum atomic E-state index is -0.503. The van der Waals surface area contributed by atoms with Gasteiger partial charge in [0.25, 0.3) is 11.7 Å².